The minimum absolute atomic E-state index is 0.914. The summed E-state index contributed by atoms with van der Waals surface area (Å²) in [6.45, 7) is 8.86. The van der Waals surface area contributed by atoms with Crippen molar-refractivity contribution in [3.63, 3.8) is 0 Å². The molecule has 0 aromatic carbocycles. The Labute approximate surface area is 135 Å². The van der Waals surface area contributed by atoms with E-state index in [1.165, 1.54) is 13.0 Å². The molecule has 2 rings (SSSR count). The van der Waals surface area contributed by atoms with Crippen molar-refractivity contribution in [2.45, 2.75) is 26.7 Å². The lowest BCUT2D eigenvalue weighted by Gasteiger charge is -2.17. The lowest BCUT2D eigenvalue weighted by atomic mass is 10.2. The largest absolute Gasteiger partial charge is 0.383 e. The summed E-state index contributed by atoms with van der Waals surface area (Å²) in [5, 5.41) is 3.48. The average Bonchev–Trinajstić information content (AvgIpc) is 2.50. The SMILES string of the molecule is CCN(CC)CCCCNc1ccnc2cc(Br)cnc12. The van der Waals surface area contributed by atoms with Gasteiger partial charge in [-0.25, -0.2) is 0 Å². The van der Waals surface area contributed by atoms with Crippen LogP contribution in [0.1, 0.15) is 26.7 Å². The van der Waals surface area contributed by atoms with E-state index in [1.54, 1.807) is 0 Å². The van der Waals surface area contributed by atoms with Crippen LogP contribution < -0.4 is 5.32 Å². The summed E-state index contributed by atoms with van der Waals surface area (Å²) < 4.78 is 0.957. The Balaban J connectivity index is 1.86. The number of nitrogens with zero attached hydrogens (tertiary/aromatic N) is 3. The van der Waals surface area contributed by atoms with Gasteiger partial charge in [0.05, 0.1) is 11.2 Å². The number of hydrogen-bond donors (Lipinski definition) is 1. The molecule has 0 atom stereocenters. The predicted molar refractivity (Wildman–Crippen MR) is 92.7 cm³/mol. The molecule has 0 unspecified atom stereocenters. The molecule has 2 heterocycles. The molecule has 2 aromatic heterocycles. The van der Waals surface area contributed by atoms with Crippen molar-refractivity contribution < 1.29 is 0 Å². The highest BCUT2D eigenvalue weighted by Crippen LogP contribution is 2.21. The molecule has 0 spiro atoms. The molecule has 1 N–H and O–H groups in total. The second kappa shape index (κ2) is 8.29. The minimum atomic E-state index is 0.914. The van der Waals surface area contributed by atoms with E-state index in [1.807, 2.05) is 24.5 Å². The molecule has 0 radical (unpaired) electrons. The first-order valence-electron chi connectivity index (χ1n) is 7.61. The van der Waals surface area contributed by atoms with Gasteiger partial charge in [0.15, 0.2) is 0 Å². The van der Waals surface area contributed by atoms with E-state index in [0.717, 1.165) is 47.2 Å². The molecule has 0 aliphatic carbocycles. The standard InChI is InChI=1S/C16H23BrN4/c1-3-21(4-2)10-6-5-8-18-14-7-9-19-15-11-13(17)12-20-16(14)15/h7,9,11-12H,3-6,8,10H2,1-2H3,(H,18,19). The topological polar surface area (TPSA) is 41.0 Å². The van der Waals surface area contributed by atoms with E-state index in [4.69, 9.17) is 0 Å². The van der Waals surface area contributed by atoms with Gasteiger partial charge in [-0.1, -0.05) is 13.8 Å². The van der Waals surface area contributed by atoms with Crippen LogP contribution in [0.15, 0.2) is 29.0 Å². The van der Waals surface area contributed by atoms with E-state index < -0.39 is 0 Å². The normalized spacial score (nSPS) is 11.2. The molecule has 0 saturated heterocycles. The Bertz CT molecular complexity index is 569. The van der Waals surface area contributed by atoms with E-state index in [-0.39, 0.29) is 0 Å². The molecule has 0 aliphatic rings. The van der Waals surface area contributed by atoms with Crippen LogP contribution in [0.4, 0.5) is 5.69 Å². The van der Waals surface area contributed by atoms with Gasteiger partial charge in [0, 0.05) is 23.4 Å². The van der Waals surface area contributed by atoms with Gasteiger partial charge in [0.2, 0.25) is 0 Å². The lowest BCUT2D eigenvalue weighted by Crippen LogP contribution is -2.24. The van der Waals surface area contributed by atoms with Crippen LogP contribution in [-0.4, -0.2) is 41.0 Å². The van der Waals surface area contributed by atoms with Crippen molar-refractivity contribution >= 4 is 32.7 Å². The number of unbranched alkanes of at least 4 members (excludes halogenated alkanes) is 1. The van der Waals surface area contributed by atoms with Crippen molar-refractivity contribution in [1.29, 1.82) is 0 Å². The quantitative estimate of drug-likeness (QED) is 0.732. The first kappa shape index (κ1) is 16.2. The summed E-state index contributed by atoms with van der Waals surface area (Å²) in [6, 6.07) is 3.99. The van der Waals surface area contributed by atoms with Gasteiger partial charge in [0.25, 0.3) is 0 Å². The van der Waals surface area contributed by atoms with Crippen molar-refractivity contribution in [3.05, 3.63) is 29.0 Å². The Morgan fingerprint density at radius 1 is 1.19 bits per heavy atom. The highest BCUT2D eigenvalue weighted by atomic mass is 79.9. The summed E-state index contributed by atoms with van der Waals surface area (Å²) in [6.07, 6.45) is 6.03. The molecule has 0 bridgehead atoms. The van der Waals surface area contributed by atoms with Gasteiger partial charge < -0.3 is 10.2 Å². The third kappa shape index (κ3) is 4.64. The van der Waals surface area contributed by atoms with E-state index in [0.29, 0.717) is 0 Å². The Kier molecular flexibility index (Phi) is 6.39. The number of anilines is 1. The van der Waals surface area contributed by atoms with Gasteiger partial charge in [-0.05, 0) is 60.5 Å². The van der Waals surface area contributed by atoms with E-state index in [9.17, 15) is 0 Å². The van der Waals surface area contributed by atoms with Crippen LogP contribution in [0.2, 0.25) is 0 Å². The molecule has 2 aromatic rings. The molecule has 4 nitrogen and oxygen atoms in total. The number of hydrogen-bond acceptors (Lipinski definition) is 4. The predicted octanol–water partition coefficient (Wildman–Crippen LogP) is 3.93. The van der Waals surface area contributed by atoms with Crippen LogP contribution in [0.3, 0.4) is 0 Å². The summed E-state index contributed by atoms with van der Waals surface area (Å²) >= 11 is 3.43. The van der Waals surface area contributed by atoms with Gasteiger partial charge >= 0.3 is 0 Å². The first-order valence-corrected chi connectivity index (χ1v) is 8.40. The minimum Gasteiger partial charge on any atom is -0.383 e. The Hall–Kier alpha value is -1.20. The molecule has 0 saturated carbocycles. The van der Waals surface area contributed by atoms with Gasteiger partial charge in [-0.2, -0.15) is 0 Å². The summed E-state index contributed by atoms with van der Waals surface area (Å²) in [7, 11) is 0. The van der Waals surface area contributed by atoms with Crippen molar-refractivity contribution in [1.82, 2.24) is 14.9 Å². The fourth-order valence-corrected chi connectivity index (χ4v) is 2.69. The molecular formula is C16H23BrN4. The molecule has 21 heavy (non-hydrogen) atoms. The highest BCUT2D eigenvalue weighted by molar-refractivity contribution is 9.10. The van der Waals surface area contributed by atoms with Crippen LogP contribution in [-0.2, 0) is 0 Å². The highest BCUT2D eigenvalue weighted by Gasteiger charge is 2.04. The Morgan fingerprint density at radius 2 is 2.00 bits per heavy atom. The van der Waals surface area contributed by atoms with Crippen LogP contribution >= 0.6 is 15.9 Å². The summed E-state index contributed by atoms with van der Waals surface area (Å²) in [5.74, 6) is 0. The number of rotatable bonds is 8. The van der Waals surface area contributed by atoms with Crippen molar-refractivity contribution in [2.24, 2.45) is 0 Å². The molecule has 0 aliphatic heterocycles. The molecule has 0 fully saturated rings. The maximum absolute atomic E-state index is 4.45. The number of halogens is 1. The van der Waals surface area contributed by atoms with E-state index >= 15 is 0 Å². The average molecular weight is 351 g/mol. The second-order valence-corrected chi connectivity index (χ2v) is 5.96. The number of fused-ring (bicyclic) bond motifs is 1. The smallest absolute Gasteiger partial charge is 0.112 e. The van der Waals surface area contributed by atoms with Gasteiger partial charge in [-0.3, -0.25) is 9.97 Å². The third-order valence-corrected chi connectivity index (χ3v) is 4.09. The molecule has 114 valence electrons. The van der Waals surface area contributed by atoms with Crippen LogP contribution in [0.5, 0.6) is 0 Å². The van der Waals surface area contributed by atoms with Gasteiger partial charge in [-0.15, -0.1) is 0 Å². The maximum Gasteiger partial charge on any atom is 0.112 e. The summed E-state index contributed by atoms with van der Waals surface area (Å²) in [4.78, 5) is 11.3. The lowest BCUT2D eigenvalue weighted by molar-refractivity contribution is 0.298. The van der Waals surface area contributed by atoms with Crippen molar-refractivity contribution in [3.8, 4) is 0 Å². The van der Waals surface area contributed by atoms with Crippen LogP contribution in [0.25, 0.3) is 11.0 Å². The Morgan fingerprint density at radius 3 is 2.76 bits per heavy atom. The zero-order valence-corrected chi connectivity index (χ0v) is 14.4. The van der Waals surface area contributed by atoms with Crippen LogP contribution in [0, 0.1) is 0 Å². The zero-order chi connectivity index (χ0) is 15.1. The van der Waals surface area contributed by atoms with Crippen molar-refractivity contribution in [2.75, 3.05) is 31.5 Å². The van der Waals surface area contributed by atoms with E-state index in [2.05, 4.69) is 50.0 Å². The second-order valence-electron chi connectivity index (χ2n) is 5.04. The third-order valence-electron chi connectivity index (χ3n) is 3.66. The maximum atomic E-state index is 4.45. The summed E-state index contributed by atoms with van der Waals surface area (Å²) in [5.41, 5.74) is 2.91. The molecular weight excluding hydrogens is 328 g/mol. The number of pyridine rings is 2. The van der Waals surface area contributed by atoms with Gasteiger partial charge in [0.1, 0.15) is 5.52 Å². The molecule has 5 heteroatoms. The fraction of sp³-hybridized carbons (Fsp3) is 0.500. The fourth-order valence-electron chi connectivity index (χ4n) is 2.37. The molecule has 0 amide bonds. The zero-order valence-electron chi connectivity index (χ0n) is 12.8. The first-order chi connectivity index (χ1) is 10.2. The monoisotopic (exact) mass is 350 g/mol. The number of aromatic nitrogens is 2. The number of nitrogens with one attached hydrogen (secondary N) is 1.